The fourth-order valence-corrected chi connectivity index (χ4v) is 6.69. The average molecular weight is 633 g/mol. The number of ether oxygens (including phenoxy) is 5. The fourth-order valence-electron chi connectivity index (χ4n) is 3.38. The van der Waals surface area contributed by atoms with Gasteiger partial charge in [-0.3, -0.25) is 19.1 Å². The van der Waals surface area contributed by atoms with Gasteiger partial charge in [-0.2, -0.15) is 0 Å². The van der Waals surface area contributed by atoms with Crippen molar-refractivity contribution in [3.8, 4) is 0 Å². The predicted molar refractivity (Wildman–Crippen MR) is 153 cm³/mol. The highest BCUT2D eigenvalue weighted by Crippen LogP contribution is 2.38. The molecule has 1 aliphatic rings. The fraction of sp³-hybridized carbons (Fsp3) is 0.920. The minimum absolute atomic E-state index is 0.0738. The molecule has 15 heteroatoms. The first-order valence-corrected chi connectivity index (χ1v) is 17.9. The number of unbranched alkanes of at least 4 members (excludes halogenated alkanes) is 3. The van der Waals surface area contributed by atoms with Crippen molar-refractivity contribution in [3.05, 3.63) is 0 Å². The Morgan fingerprint density at radius 1 is 0.775 bits per heavy atom. The zero-order valence-electron chi connectivity index (χ0n) is 23.9. The summed E-state index contributed by atoms with van der Waals surface area (Å²) in [6.07, 6.45) is 4.35. The molecule has 0 aromatic carbocycles. The number of amides is 2. The van der Waals surface area contributed by atoms with Gasteiger partial charge in [0.25, 0.3) is 7.82 Å². The molecule has 2 amide bonds. The van der Waals surface area contributed by atoms with Gasteiger partial charge in [-0.05, 0) is 26.2 Å². The third-order valence-corrected chi connectivity index (χ3v) is 9.17. The van der Waals surface area contributed by atoms with Crippen molar-refractivity contribution in [2.24, 2.45) is 0 Å². The van der Waals surface area contributed by atoms with Gasteiger partial charge in [0.2, 0.25) is 11.8 Å². The van der Waals surface area contributed by atoms with Crippen molar-refractivity contribution >= 4 is 41.2 Å². The van der Waals surface area contributed by atoms with E-state index in [2.05, 4.69) is 0 Å². The largest absolute Gasteiger partial charge is 0.756 e. The Morgan fingerprint density at radius 2 is 1.30 bits per heavy atom. The molecular weight excluding hydrogens is 585 g/mol. The molecule has 0 saturated carbocycles. The molecule has 1 rings (SSSR count). The van der Waals surface area contributed by atoms with Gasteiger partial charge in [-0.25, -0.2) is 0 Å². The highest BCUT2D eigenvalue weighted by Gasteiger charge is 2.38. The minimum Gasteiger partial charge on any atom is -0.756 e. The van der Waals surface area contributed by atoms with Crippen LogP contribution in [0.1, 0.15) is 52.4 Å². The molecule has 0 aromatic rings. The van der Waals surface area contributed by atoms with E-state index in [1.54, 1.807) is 10.8 Å². The van der Waals surface area contributed by atoms with Crippen LogP contribution in [-0.2, 0) is 46.9 Å². The van der Waals surface area contributed by atoms with Crippen molar-refractivity contribution in [3.63, 3.8) is 0 Å². The molecular formula is C25H47NO11PS2-. The topological polar surface area (TPSA) is 142 Å². The van der Waals surface area contributed by atoms with Crippen LogP contribution >= 0.6 is 29.4 Å². The number of hydrogen-bond donors (Lipinski definition) is 0. The molecule has 12 nitrogen and oxygen atoms in total. The van der Waals surface area contributed by atoms with Gasteiger partial charge in [-0.15, -0.1) is 0 Å². The Labute approximate surface area is 246 Å². The zero-order valence-corrected chi connectivity index (χ0v) is 26.4. The standard InChI is InChI=1S/C25H48NO11PS2/c1-3-9-26-24(27)22-23(25(26)28)40-39-21-8-6-5-7-10-36-38(29,30)37-20-19-35-18-17-34-16-15-33-14-13-32-12-11-31-4-2/h23H,3-22H2,1-2H3,(H,29,30)/p-1. The molecule has 1 aliphatic heterocycles. The maximum absolute atomic E-state index is 12.2. The van der Waals surface area contributed by atoms with Crippen LogP contribution in [-0.4, -0.2) is 114 Å². The van der Waals surface area contributed by atoms with Gasteiger partial charge in [-0.1, -0.05) is 41.4 Å². The van der Waals surface area contributed by atoms with Crippen molar-refractivity contribution in [1.82, 2.24) is 4.90 Å². The van der Waals surface area contributed by atoms with Gasteiger partial charge in [0.05, 0.1) is 72.7 Å². The van der Waals surface area contributed by atoms with Crippen molar-refractivity contribution in [2.75, 3.05) is 91.6 Å². The number of likely N-dealkylation sites (tertiary alicyclic amines) is 1. The summed E-state index contributed by atoms with van der Waals surface area (Å²) in [7, 11) is -1.27. The summed E-state index contributed by atoms with van der Waals surface area (Å²) in [4.78, 5) is 37.3. The number of rotatable bonds is 29. The first-order valence-electron chi connectivity index (χ1n) is 14.0. The van der Waals surface area contributed by atoms with Gasteiger partial charge in [0, 0.05) is 25.3 Å². The second kappa shape index (κ2) is 25.3. The van der Waals surface area contributed by atoms with E-state index < -0.39 is 7.82 Å². The van der Waals surface area contributed by atoms with E-state index in [0.29, 0.717) is 72.4 Å². The Morgan fingerprint density at radius 3 is 1.88 bits per heavy atom. The molecule has 0 aliphatic carbocycles. The van der Waals surface area contributed by atoms with Crippen LogP contribution in [0.2, 0.25) is 0 Å². The molecule has 40 heavy (non-hydrogen) atoms. The molecule has 0 aromatic heterocycles. The smallest absolute Gasteiger partial charge is 0.267 e. The number of imide groups is 1. The molecule has 0 radical (unpaired) electrons. The summed E-state index contributed by atoms with van der Waals surface area (Å²) in [5.41, 5.74) is 0. The number of phosphoric acid groups is 1. The van der Waals surface area contributed by atoms with Crippen molar-refractivity contribution < 1.29 is 51.8 Å². The van der Waals surface area contributed by atoms with Gasteiger partial charge in [0.1, 0.15) is 5.25 Å². The molecule has 1 fully saturated rings. The van der Waals surface area contributed by atoms with E-state index in [1.807, 2.05) is 13.8 Å². The molecule has 0 spiro atoms. The maximum atomic E-state index is 12.2. The van der Waals surface area contributed by atoms with Crippen LogP contribution in [0.25, 0.3) is 0 Å². The van der Waals surface area contributed by atoms with Crippen LogP contribution in [0.5, 0.6) is 0 Å². The number of nitrogens with zero attached hydrogens (tertiary/aromatic N) is 1. The summed E-state index contributed by atoms with van der Waals surface area (Å²) in [5.74, 6) is 0.715. The molecule has 1 heterocycles. The lowest BCUT2D eigenvalue weighted by molar-refractivity contribution is -0.226. The van der Waals surface area contributed by atoms with Crippen LogP contribution in [0.3, 0.4) is 0 Å². The number of carbonyl (C=O) groups excluding carboxylic acids is 2. The average Bonchev–Trinajstić information content (AvgIpc) is 3.19. The van der Waals surface area contributed by atoms with Crippen LogP contribution in [0.4, 0.5) is 0 Å². The second-order valence-electron chi connectivity index (χ2n) is 8.67. The van der Waals surface area contributed by atoms with Crippen molar-refractivity contribution in [2.45, 2.75) is 57.6 Å². The lowest BCUT2D eigenvalue weighted by Crippen LogP contribution is -2.31. The number of carbonyl (C=O) groups is 2. The first-order chi connectivity index (χ1) is 19.4. The molecule has 1 saturated heterocycles. The number of phosphoric ester groups is 1. The Bertz CT molecular complexity index is 708. The monoisotopic (exact) mass is 632 g/mol. The summed E-state index contributed by atoms with van der Waals surface area (Å²) < 4.78 is 48.0. The normalized spacial score (nSPS) is 17.2. The maximum Gasteiger partial charge on any atom is 0.267 e. The molecule has 2 unspecified atom stereocenters. The zero-order chi connectivity index (χ0) is 29.3. The highest BCUT2D eigenvalue weighted by atomic mass is 33.1. The van der Waals surface area contributed by atoms with E-state index in [1.165, 1.54) is 15.7 Å². The Kier molecular flexibility index (Phi) is 23.9. The Balaban J connectivity index is 1.84. The summed E-state index contributed by atoms with van der Waals surface area (Å²) in [6.45, 7) is 8.85. The van der Waals surface area contributed by atoms with Gasteiger partial charge in [0.15, 0.2) is 0 Å². The lowest BCUT2D eigenvalue weighted by Gasteiger charge is -2.22. The van der Waals surface area contributed by atoms with Crippen LogP contribution in [0, 0.1) is 0 Å². The predicted octanol–water partition coefficient (Wildman–Crippen LogP) is 3.07. The summed E-state index contributed by atoms with van der Waals surface area (Å²) >= 11 is 0. The molecule has 2 atom stereocenters. The second-order valence-corrected chi connectivity index (χ2v) is 12.8. The van der Waals surface area contributed by atoms with E-state index >= 15 is 0 Å². The lowest BCUT2D eigenvalue weighted by atomic mass is 10.2. The molecule has 0 bridgehead atoms. The molecule has 0 N–H and O–H groups in total. The van der Waals surface area contributed by atoms with E-state index in [0.717, 1.165) is 31.4 Å². The van der Waals surface area contributed by atoms with E-state index in [-0.39, 0.29) is 43.3 Å². The van der Waals surface area contributed by atoms with Gasteiger partial charge < -0.3 is 37.6 Å². The van der Waals surface area contributed by atoms with Crippen molar-refractivity contribution in [1.29, 1.82) is 0 Å². The quantitative estimate of drug-likeness (QED) is 0.0516. The van der Waals surface area contributed by atoms with Crippen LogP contribution in [0.15, 0.2) is 0 Å². The van der Waals surface area contributed by atoms with E-state index in [4.69, 9.17) is 32.7 Å². The highest BCUT2D eigenvalue weighted by molar-refractivity contribution is 8.77. The summed E-state index contributed by atoms with van der Waals surface area (Å²) in [5, 5.41) is -0.278. The summed E-state index contributed by atoms with van der Waals surface area (Å²) in [6, 6.07) is 0. The SMILES string of the molecule is CCCN1C(=O)CC(SSCCCCCCOP(=O)([O-])OCCOCCOCCOCCOCCOCC)C1=O. The van der Waals surface area contributed by atoms with E-state index in [9.17, 15) is 19.0 Å². The Hall–Kier alpha value is -0.250. The third-order valence-electron chi connectivity index (χ3n) is 5.37. The number of hydrogen-bond acceptors (Lipinski definition) is 13. The van der Waals surface area contributed by atoms with Gasteiger partial charge >= 0.3 is 0 Å². The molecule has 236 valence electrons. The third kappa shape index (κ3) is 19.8. The first kappa shape index (κ1) is 37.8. The van der Waals surface area contributed by atoms with Crippen LogP contribution < -0.4 is 4.89 Å². The minimum atomic E-state index is -4.35.